The van der Waals surface area contributed by atoms with Crippen LogP contribution >= 0.6 is 0 Å². The van der Waals surface area contributed by atoms with E-state index in [1.807, 2.05) is 6.92 Å². The lowest BCUT2D eigenvalue weighted by molar-refractivity contribution is -0.127. The summed E-state index contributed by atoms with van der Waals surface area (Å²) in [6, 6.07) is 0.130. The van der Waals surface area contributed by atoms with Crippen LogP contribution in [-0.4, -0.2) is 30.3 Å². The van der Waals surface area contributed by atoms with Crippen LogP contribution in [0.1, 0.15) is 47.0 Å². The Hall–Kier alpha value is -0.370. The van der Waals surface area contributed by atoms with Crippen molar-refractivity contribution in [3.05, 3.63) is 0 Å². The van der Waals surface area contributed by atoms with Gasteiger partial charge in [0.05, 0.1) is 6.04 Å². The maximum atomic E-state index is 12.0. The molecular weight excluding hydrogens is 174 g/mol. The van der Waals surface area contributed by atoms with Gasteiger partial charge in [-0.25, -0.2) is 0 Å². The molecule has 0 aromatic rings. The fourth-order valence-electron chi connectivity index (χ4n) is 1.77. The van der Waals surface area contributed by atoms with Gasteiger partial charge in [0.2, 0.25) is 0 Å². The molecule has 0 aliphatic rings. The van der Waals surface area contributed by atoms with Gasteiger partial charge in [0, 0.05) is 5.92 Å². The Balaban J connectivity index is 4.31. The minimum Gasteiger partial charge on any atom is -0.298 e. The normalized spacial score (nSPS) is 15.6. The fourth-order valence-corrected chi connectivity index (χ4v) is 1.77. The average Bonchev–Trinajstić information content (AvgIpc) is 2.18. The van der Waals surface area contributed by atoms with E-state index in [-0.39, 0.29) is 12.0 Å². The van der Waals surface area contributed by atoms with Crippen molar-refractivity contribution in [3.8, 4) is 0 Å². The molecule has 0 saturated heterocycles. The van der Waals surface area contributed by atoms with Crippen molar-refractivity contribution < 1.29 is 4.79 Å². The van der Waals surface area contributed by atoms with Gasteiger partial charge in [-0.3, -0.25) is 9.69 Å². The number of hydrogen-bond acceptors (Lipinski definition) is 2. The zero-order valence-corrected chi connectivity index (χ0v) is 10.3. The highest BCUT2D eigenvalue weighted by Gasteiger charge is 2.24. The third-order valence-electron chi connectivity index (χ3n) is 2.92. The third kappa shape index (κ3) is 3.79. The minimum absolute atomic E-state index is 0.130. The van der Waals surface area contributed by atoms with E-state index >= 15 is 0 Å². The lowest BCUT2D eigenvalue weighted by atomic mass is 9.95. The molecule has 2 unspecified atom stereocenters. The Morgan fingerprint density at radius 3 is 2.14 bits per heavy atom. The minimum atomic E-state index is 0.130. The first-order valence-electron chi connectivity index (χ1n) is 5.82. The van der Waals surface area contributed by atoms with Gasteiger partial charge in [0.1, 0.15) is 0 Å². The predicted molar refractivity (Wildman–Crippen MR) is 61.5 cm³/mol. The maximum Gasteiger partial charge on any atom is 0.152 e. The molecule has 2 atom stereocenters. The molecule has 0 aliphatic carbocycles. The van der Waals surface area contributed by atoms with Crippen LogP contribution in [0.4, 0.5) is 0 Å². The first-order chi connectivity index (χ1) is 6.58. The van der Waals surface area contributed by atoms with Crippen LogP contribution in [0, 0.1) is 5.92 Å². The van der Waals surface area contributed by atoms with Crippen LogP contribution in [0.3, 0.4) is 0 Å². The van der Waals surface area contributed by atoms with Crippen LogP contribution < -0.4 is 0 Å². The second-order valence-corrected chi connectivity index (χ2v) is 4.12. The Morgan fingerprint density at radius 2 is 1.79 bits per heavy atom. The lowest BCUT2D eigenvalue weighted by Crippen LogP contribution is -2.40. The van der Waals surface area contributed by atoms with Gasteiger partial charge >= 0.3 is 0 Å². The van der Waals surface area contributed by atoms with Crippen molar-refractivity contribution in [3.63, 3.8) is 0 Å². The second kappa shape index (κ2) is 6.99. The molecule has 84 valence electrons. The number of hydrogen-bond donors (Lipinski definition) is 0. The molecule has 0 bridgehead atoms. The quantitative estimate of drug-likeness (QED) is 0.628. The summed E-state index contributed by atoms with van der Waals surface area (Å²) in [5.41, 5.74) is 0. The number of rotatable bonds is 7. The highest BCUT2D eigenvalue weighted by atomic mass is 16.1. The highest BCUT2D eigenvalue weighted by molar-refractivity contribution is 5.85. The van der Waals surface area contributed by atoms with Gasteiger partial charge in [-0.05, 0) is 32.9 Å². The van der Waals surface area contributed by atoms with Gasteiger partial charge in [-0.15, -0.1) is 0 Å². The first kappa shape index (κ1) is 13.6. The number of ketones is 1. The molecule has 0 aromatic heterocycles. The average molecular weight is 199 g/mol. The SMILES string of the molecule is CCCN(C)C(CC)C(=O)C(C)CC. The number of carbonyl (C=O) groups is 1. The molecule has 0 heterocycles. The molecule has 14 heavy (non-hydrogen) atoms. The molecule has 0 spiro atoms. The summed E-state index contributed by atoms with van der Waals surface area (Å²) in [5.74, 6) is 0.616. The van der Waals surface area contributed by atoms with Crippen molar-refractivity contribution >= 4 is 5.78 Å². The molecule has 0 aliphatic heterocycles. The summed E-state index contributed by atoms with van der Waals surface area (Å²) in [6.07, 6.45) is 3.00. The summed E-state index contributed by atoms with van der Waals surface area (Å²) in [5, 5.41) is 0. The summed E-state index contributed by atoms with van der Waals surface area (Å²) in [4.78, 5) is 14.2. The first-order valence-corrected chi connectivity index (χ1v) is 5.82. The van der Waals surface area contributed by atoms with E-state index in [0.717, 1.165) is 25.8 Å². The third-order valence-corrected chi connectivity index (χ3v) is 2.92. The Bertz CT molecular complexity index is 168. The summed E-state index contributed by atoms with van der Waals surface area (Å²) in [6.45, 7) is 9.37. The number of nitrogens with zero attached hydrogens (tertiary/aromatic N) is 1. The summed E-state index contributed by atoms with van der Waals surface area (Å²) in [7, 11) is 2.05. The van der Waals surface area contributed by atoms with Crippen LogP contribution in [0.15, 0.2) is 0 Å². The molecule has 0 amide bonds. The number of Topliss-reactive ketones (excluding diaryl/α,β-unsaturated/α-hetero) is 1. The molecule has 0 aromatic carbocycles. The zero-order valence-electron chi connectivity index (χ0n) is 10.3. The highest BCUT2D eigenvalue weighted by Crippen LogP contribution is 2.12. The predicted octanol–water partition coefficient (Wildman–Crippen LogP) is 2.72. The van der Waals surface area contributed by atoms with Gasteiger partial charge in [0.25, 0.3) is 0 Å². The molecule has 0 radical (unpaired) electrons. The van der Waals surface area contributed by atoms with Crippen molar-refractivity contribution in [2.75, 3.05) is 13.6 Å². The van der Waals surface area contributed by atoms with Gasteiger partial charge in [-0.2, -0.15) is 0 Å². The largest absolute Gasteiger partial charge is 0.298 e. The maximum absolute atomic E-state index is 12.0. The Kier molecular flexibility index (Phi) is 6.81. The standard InChI is InChI=1S/C12H25NO/c1-6-9-13(5)11(8-3)12(14)10(4)7-2/h10-11H,6-9H2,1-5H3. The monoisotopic (exact) mass is 199 g/mol. The molecular formula is C12H25NO. The summed E-state index contributed by atoms with van der Waals surface area (Å²) >= 11 is 0. The molecule has 0 rings (SSSR count). The van der Waals surface area contributed by atoms with Crippen molar-refractivity contribution in [2.45, 2.75) is 53.0 Å². The van der Waals surface area contributed by atoms with E-state index in [4.69, 9.17) is 0 Å². The smallest absolute Gasteiger partial charge is 0.152 e. The van der Waals surface area contributed by atoms with Gasteiger partial charge < -0.3 is 0 Å². The summed E-state index contributed by atoms with van der Waals surface area (Å²) < 4.78 is 0. The van der Waals surface area contributed by atoms with Crippen LogP contribution in [0.5, 0.6) is 0 Å². The topological polar surface area (TPSA) is 20.3 Å². The van der Waals surface area contributed by atoms with Gasteiger partial charge in [-0.1, -0.05) is 27.7 Å². The molecule has 2 heteroatoms. The van der Waals surface area contributed by atoms with E-state index in [2.05, 4.69) is 32.7 Å². The number of carbonyl (C=O) groups excluding carboxylic acids is 1. The van der Waals surface area contributed by atoms with E-state index in [9.17, 15) is 4.79 Å². The van der Waals surface area contributed by atoms with Crippen molar-refractivity contribution in [2.24, 2.45) is 5.92 Å². The van der Waals surface area contributed by atoms with Gasteiger partial charge in [0.15, 0.2) is 5.78 Å². The van der Waals surface area contributed by atoms with Crippen LogP contribution in [0.25, 0.3) is 0 Å². The Morgan fingerprint density at radius 1 is 1.21 bits per heavy atom. The Labute approximate surface area is 88.7 Å². The van der Waals surface area contributed by atoms with E-state index < -0.39 is 0 Å². The number of likely N-dealkylation sites (N-methyl/N-ethyl adjacent to an activating group) is 1. The van der Waals surface area contributed by atoms with Crippen molar-refractivity contribution in [1.29, 1.82) is 0 Å². The zero-order chi connectivity index (χ0) is 11.1. The van der Waals surface area contributed by atoms with Crippen LogP contribution in [0.2, 0.25) is 0 Å². The molecule has 0 N–H and O–H groups in total. The van der Waals surface area contributed by atoms with Crippen molar-refractivity contribution in [1.82, 2.24) is 4.90 Å². The molecule has 2 nitrogen and oxygen atoms in total. The second-order valence-electron chi connectivity index (χ2n) is 4.12. The van der Waals surface area contributed by atoms with E-state index in [1.165, 1.54) is 0 Å². The van der Waals surface area contributed by atoms with E-state index in [0.29, 0.717) is 5.78 Å². The molecule has 0 saturated carbocycles. The van der Waals surface area contributed by atoms with E-state index in [1.54, 1.807) is 0 Å². The fraction of sp³-hybridized carbons (Fsp3) is 0.917. The molecule has 0 fully saturated rings. The lowest BCUT2D eigenvalue weighted by Gasteiger charge is -2.27. The van der Waals surface area contributed by atoms with Crippen LogP contribution in [-0.2, 0) is 4.79 Å².